The van der Waals surface area contributed by atoms with E-state index in [0.717, 1.165) is 85.6 Å². The molecule has 3 heterocycles. The van der Waals surface area contributed by atoms with Gasteiger partial charge in [0.1, 0.15) is 5.52 Å². The number of benzene rings is 7. The summed E-state index contributed by atoms with van der Waals surface area (Å²) in [4.78, 5) is 10.2. The second-order valence-electron chi connectivity index (χ2n) is 13.7. The molecule has 0 saturated heterocycles. The molecule has 53 heavy (non-hydrogen) atoms. The van der Waals surface area contributed by atoms with Crippen LogP contribution in [0.15, 0.2) is 164 Å². The smallest absolute Gasteiger partial charge is 0.194 e. The van der Waals surface area contributed by atoms with Crippen LogP contribution in [0, 0.1) is 0 Å². The monoisotopic (exact) mass is 681 g/mol. The van der Waals surface area contributed by atoms with E-state index in [9.17, 15) is 0 Å². The maximum absolute atomic E-state index is 6.70. The first-order chi connectivity index (χ1) is 26.3. The molecule has 2 aliphatic rings. The number of fused-ring (bicyclic) bond motifs is 9. The van der Waals surface area contributed by atoms with E-state index in [1.165, 1.54) is 21.7 Å². The van der Waals surface area contributed by atoms with E-state index in [1.807, 2.05) is 48.5 Å². The van der Waals surface area contributed by atoms with E-state index >= 15 is 0 Å². The molecule has 0 spiro atoms. The molecule has 0 amide bonds. The standard InChI is InChI=1S/C48H31N3O2/c1-2-13-31(14-3-1)44-39-20-6-7-21-40(39)49-48(50-44)34-17-10-15-32(28-34)33-16-11-18-35(29-33)51-45-36-19-5-4-12-30(36)24-25-37(45)38-26-27-43-47(46(38)51)53-42-23-9-8-22-41(42)52-43/h1-10,12-15,17-29H,11,16H2. The highest BCUT2D eigenvalue weighted by molar-refractivity contribution is 6.21. The Morgan fingerprint density at radius 3 is 2.13 bits per heavy atom. The molecule has 0 bridgehead atoms. The molecule has 0 saturated carbocycles. The molecule has 1 aliphatic carbocycles. The van der Waals surface area contributed by atoms with Gasteiger partial charge in [0.2, 0.25) is 0 Å². The van der Waals surface area contributed by atoms with Gasteiger partial charge in [-0.1, -0.05) is 121 Å². The zero-order chi connectivity index (χ0) is 34.9. The van der Waals surface area contributed by atoms with Gasteiger partial charge in [0, 0.05) is 38.4 Å². The lowest BCUT2D eigenvalue weighted by Crippen LogP contribution is -2.04. The summed E-state index contributed by atoms with van der Waals surface area (Å²) in [6.07, 6.45) is 6.52. The van der Waals surface area contributed by atoms with Gasteiger partial charge in [-0.05, 0) is 71.8 Å². The Bertz CT molecular complexity index is 3010. The number of hydrogen-bond acceptors (Lipinski definition) is 4. The van der Waals surface area contributed by atoms with Gasteiger partial charge < -0.3 is 14.0 Å². The topological polar surface area (TPSA) is 49.2 Å². The predicted octanol–water partition coefficient (Wildman–Crippen LogP) is 12.8. The Morgan fingerprint density at radius 1 is 0.509 bits per heavy atom. The number of ether oxygens (including phenoxy) is 2. The second-order valence-corrected chi connectivity index (χ2v) is 13.7. The Hall–Kier alpha value is -6.98. The van der Waals surface area contributed by atoms with Crippen LogP contribution in [0.3, 0.4) is 0 Å². The average molecular weight is 682 g/mol. The van der Waals surface area contributed by atoms with Crippen LogP contribution in [-0.4, -0.2) is 14.5 Å². The largest absolute Gasteiger partial charge is 0.449 e. The van der Waals surface area contributed by atoms with Crippen molar-refractivity contribution < 1.29 is 9.47 Å². The maximum atomic E-state index is 6.70. The summed E-state index contributed by atoms with van der Waals surface area (Å²) in [6, 6.07) is 52.5. The van der Waals surface area contributed by atoms with Crippen molar-refractivity contribution in [2.45, 2.75) is 12.8 Å². The third-order valence-electron chi connectivity index (χ3n) is 10.5. The van der Waals surface area contributed by atoms with Gasteiger partial charge in [-0.15, -0.1) is 0 Å². The average Bonchev–Trinajstić information content (AvgIpc) is 3.58. The summed E-state index contributed by atoms with van der Waals surface area (Å²) < 4.78 is 15.5. The van der Waals surface area contributed by atoms with Crippen LogP contribution in [0.4, 0.5) is 0 Å². The van der Waals surface area contributed by atoms with E-state index in [4.69, 9.17) is 19.4 Å². The van der Waals surface area contributed by atoms with Gasteiger partial charge in [0.05, 0.1) is 16.7 Å². The second kappa shape index (κ2) is 11.8. The van der Waals surface area contributed by atoms with E-state index in [0.29, 0.717) is 11.5 Å². The lowest BCUT2D eigenvalue weighted by molar-refractivity contribution is 0.362. The molecule has 9 aromatic rings. The van der Waals surface area contributed by atoms with Crippen molar-refractivity contribution in [2.24, 2.45) is 0 Å². The Balaban J connectivity index is 1.08. The Morgan fingerprint density at radius 2 is 1.23 bits per heavy atom. The van der Waals surface area contributed by atoms with Crippen LogP contribution >= 0.6 is 0 Å². The third-order valence-corrected chi connectivity index (χ3v) is 10.5. The minimum atomic E-state index is 0.711. The summed E-state index contributed by atoms with van der Waals surface area (Å²) in [7, 11) is 0. The molecular weight excluding hydrogens is 651 g/mol. The van der Waals surface area contributed by atoms with E-state index in [1.54, 1.807) is 0 Å². The third kappa shape index (κ3) is 4.78. The zero-order valence-corrected chi connectivity index (χ0v) is 28.7. The fourth-order valence-electron chi connectivity index (χ4n) is 8.05. The SMILES string of the molecule is C1=C(c2cccc(-c3nc(-c4ccccc4)c4ccccc4n3)c2)CCC=C1n1c2c3c(ccc2c2ccc4ccccc4c21)Oc1ccccc1O3. The van der Waals surface area contributed by atoms with Crippen LogP contribution in [-0.2, 0) is 0 Å². The molecule has 250 valence electrons. The molecule has 0 unspecified atom stereocenters. The first-order valence-electron chi connectivity index (χ1n) is 18.0. The maximum Gasteiger partial charge on any atom is 0.194 e. The van der Waals surface area contributed by atoms with Crippen LogP contribution in [0.25, 0.3) is 77.4 Å². The van der Waals surface area contributed by atoms with Crippen LogP contribution < -0.4 is 9.47 Å². The molecule has 1 aliphatic heterocycles. The molecule has 0 fully saturated rings. The van der Waals surface area contributed by atoms with Gasteiger partial charge >= 0.3 is 0 Å². The van der Waals surface area contributed by atoms with Crippen molar-refractivity contribution in [2.75, 3.05) is 0 Å². The summed E-state index contributed by atoms with van der Waals surface area (Å²) >= 11 is 0. The molecule has 11 rings (SSSR count). The quantitative estimate of drug-likeness (QED) is 0.185. The number of rotatable bonds is 4. The van der Waals surface area contributed by atoms with Gasteiger partial charge in [-0.25, -0.2) is 9.97 Å². The lowest BCUT2D eigenvalue weighted by atomic mass is 9.94. The Labute approximate surface area is 305 Å². The van der Waals surface area contributed by atoms with Crippen molar-refractivity contribution in [3.63, 3.8) is 0 Å². The number of hydrogen-bond donors (Lipinski definition) is 0. The minimum absolute atomic E-state index is 0.711. The van der Waals surface area contributed by atoms with Crippen molar-refractivity contribution in [1.29, 1.82) is 0 Å². The highest BCUT2D eigenvalue weighted by Gasteiger charge is 2.27. The summed E-state index contributed by atoms with van der Waals surface area (Å²) in [5, 5.41) is 5.73. The van der Waals surface area contributed by atoms with Crippen molar-refractivity contribution >= 4 is 54.8 Å². The van der Waals surface area contributed by atoms with E-state index in [2.05, 4.69) is 120 Å². The molecule has 5 nitrogen and oxygen atoms in total. The highest BCUT2D eigenvalue weighted by Crippen LogP contribution is 2.52. The predicted molar refractivity (Wildman–Crippen MR) is 215 cm³/mol. The van der Waals surface area contributed by atoms with Gasteiger partial charge in [0.15, 0.2) is 28.8 Å². The molecule has 2 aromatic heterocycles. The van der Waals surface area contributed by atoms with Gasteiger partial charge in [-0.2, -0.15) is 0 Å². The zero-order valence-electron chi connectivity index (χ0n) is 28.7. The Kier molecular flexibility index (Phi) is 6.61. The molecule has 0 atom stereocenters. The fourth-order valence-corrected chi connectivity index (χ4v) is 8.05. The number of allylic oxidation sites excluding steroid dienone is 4. The van der Waals surface area contributed by atoms with E-state index in [-0.39, 0.29) is 0 Å². The number of para-hydroxylation sites is 3. The number of aromatic nitrogens is 3. The first kappa shape index (κ1) is 29.7. The lowest BCUT2D eigenvalue weighted by Gasteiger charge is -2.23. The molecule has 7 aromatic carbocycles. The summed E-state index contributed by atoms with van der Waals surface area (Å²) in [5.41, 5.74) is 9.62. The van der Waals surface area contributed by atoms with Gasteiger partial charge in [-0.3, -0.25) is 0 Å². The summed E-state index contributed by atoms with van der Waals surface area (Å²) in [6.45, 7) is 0. The summed E-state index contributed by atoms with van der Waals surface area (Å²) in [5.74, 6) is 3.59. The molecule has 0 radical (unpaired) electrons. The van der Waals surface area contributed by atoms with Crippen LogP contribution in [0.5, 0.6) is 23.0 Å². The molecule has 5 heteroatoms. The van der Waals surface area contributed by atoms with Crippen LogP contribution in [0.2, 0.25) is 0 Å². The first-order valence-corrected chi connectivity index (χ1v) is 18.0. The van der Waals surface area contributed by atoms with E-state index < -0.39 is 0 Å². The van der Waals surface area contributed by atoms with Crippen LogP contribution in [0.1, 0.15) is 18.4 Å². The molecule has 0 N–H and O–H groups in total. The highest BCUT2D eigenvalue weighted by atomic mass is 16.6. The number of nitrogens with zero attached hydrogens (tertiary/aromatic N) is 3. The van der Waals surface area contributed by atoms with Crippen molar-refractivity contribution in [1.82, 2.24) is 14.5 Å². The molecular formula is C48H31N3O2. The van der Waals surface area contributed by atoms with Crippen molar-refractivity contribution in [3.05, 3.63) is 169 Å². The fraction of sp³-hybridized carbons (Fsp3) is 0.0417. The normalized spacial score (nSPS) is 13.7. The van der Waals surface area contributed by atoms with Gasteiger partial charge in [0.25, 0.3) is 0 Å². The minimum Gasteiger partial charge on any atom is -0.449 e. The van der Waals surface area contributed by atoms with Crippen molar-refractivity contribution in [3.8, 4) is 45.6 Å².